The second-order valence-electron chi connectivity index (χ2n) is 8.40. The summed E-state index contributed by atoms with van der Waals surface area (Å²) in [5, 5.41) is 16.2. The number of urea groups is 1. The summed E-state index contributed by atoms with van der Waals surface area (Å²) < 4.78 is 0. The number of anilines is 1. The minimum atomic E-state index is -0.122. The van der Waals surface area contributed by atoms with Crippen LogP contribution in [-0.4, -0.2) is 34.9 Å². The van der Waals surface area contributed by atoms with E-state index in [-0.39, 0.29) is 17.9 Å². The predicted molar refractivity (Wildman–Crippen MR) is 133 cm³/mol. The summed E-state index contributed by atoms with van der Waals surface area (Å²) in [6, 6.07) is 15.9. The normalized spacial score (nSPS) is 13.5. The van der Waals surface area contributed by atoms with Crippen molar-refractivity contribution in [2.24, 2.45) is 0 Å². The molecule has 2 N–H and O–H groups in total. The van der Waals surface area contributed by atoms with Crippen molar-refractivity contribution in [3.63, 3.8) is 0 Å². The van der Waals surface area contributed by atoms with E-state index >= 15 is 0 Å². The van der Waals surface area contributed by atoms with Gasteiger partial charge >= 0.3 is 6.03 Å². The molecule has 0 fully saturated rings. The van der Waals surface area contributed by atoms with E-state index in [1.165, 1.54) is 11.3 Å². The Morgan fingerprint density at radius 2 is 2.06 bits per heavy atom. The van der Waals surface area contributed by atoms with Crippen molar-refractivity contribution in [3.05, 3.63) is 82.0 Å². The van der Waals surface area contributed by atoms with Crippen molar-refractivity contribution in [2.75, 3.05) is 18.4 Å². The summed E-state index contributed by atoms with van der Waals surface area (Å²) >= 11 is 1.40. The first-order chi connectivity index (χ1) is 16.5. The maximum Gasteiger partial charge on any atom is 0.317 e. The van der Waals surface area contributed by atoms with Gasteiger partial charge in [-0.1, -0.05) is 43.3 Å². The third kappa shape index (κ3) is 5.61. The van der Waals surface area contributed by atoms with Crippen molar-refractivity contribution in [1.82, 2.24) is 15.2 Å². The average Bonchev–Trinajstić information content (AvgIpc) is 3.20. The number of aromatic nitrogens is 1. The maximum absolute atomic E-state index is 12.7. The molecular formula is C26H27N5O2S. The molecule has 0 aliphatic carbocycles. The summed E-state index contributed by atoms with van der Waals surface area (Å²) in [6.07, 6.45) is 5.17. The number of nitriles is 1. The number of hydrogen-bond acceptors (Lipinski definition) is 5. The van der Waals surface area contributed by atoms with Gasteiger partial charge in [-0.05, 0) is 41.5 Å². The molecule has 2 aromatic heterocycles. The highest BCUT2D eigenvalue weighted by Gasteiger charge is 2.27. The Labute approximate surface area is 203 Å². The van der Waals surface area contributed by atoms with Crippen molar-refractivity contribution in [3.8, 4) is 6.07 Å². The molecule has 3 aromatic rings. The molecule has 0 unspecified atom stereocenters. The van der Waals surface area contributed by atoms with Crippen molar-refractivity contribution in [2.45, 2.75) is 38.6 Å². The molecule has 1 aliphatic heterocycles. The lowest BCUT2D eigenvalue weighted by atomic mass is 9.97. The van der Waals surface area contributed by atoms with E-state index < -0.39 is 0 Å². The Bertz CT molecular complexity index is 1190. The quantitative estimate of drug-likeness (QED) is 0.529. The molecule has 0 bridgehead atoms. The van der Waals surface area contributed by atoms with E-state index in [9.17, 15) is 14.9 Å². The minimum absolute atomic E-state index is 0.0761. The maximum atomic E-state index is 12.7. The summed E-state index contributed by atoms with van der Waals surface area (Å²) in [6.45, 7) is 3.52. The molecule has 0 spiro atoms. The van der Waals surface area contributed by atoms with Crippen molar-refractivity contribution < 1.29 is 9.59 Å². The largest absolute Gasteiger partial charge is 0.338 e. The van der Waals surface area contributed by atoms with Gasteiger partial charge in [-0.25, -0.2) is 4.79 Å². The molecular weight excluding hydrogens is 446 g/mol. The zero-order valence-electron chi connectivity index (χ0n) is 19.1. The van der Waals surface area contributed by atoms with E-state index in [4.69, 9.17) is 0 Å². The first-order valence-electron chi connectivity index (χ1n) is 11.4. The first kappa shape index (κ1) is 23.5. The van der Waals surface area contributed by atoms with Crippen LogP contribution in [0.25, 0.3) is 0 Å². The third-order valence-corrected chi connectivity index (χ3v) is 7.11. The van der Waals surface area contributed by atoms with Gasteiger partial charge < -0.3 is 15.5 Å². The lowest BCUT2D eigenvalue weighted by Gasteiger charge is -2.27. The monoisotopic (exact) mass is 473 g/mol. The van der Waals surface area contributed by atoms with Crippen LogP contribution in [0.2, 0.25) is 0 Å². The van der Waals surface area contributed by atoms with E-state index in [2.05, 4.69) is 21.7 Å². The fourth-order valence-electron chi connectivity index (χ4n) is 4.11. The van der Waals surface area contributed by atoms with Gasteiger partial charge in [-0.2, -0.15) is 5.26 Å². The number of nitrogens with zero attached hydrogens (tertiary/aromatic N) is 3. The minimum Gasteiger partial charge on any atom is -0.338 e. The summed E-state index contributed by atoms with van der Waals surface area (Å²) in [5.74, 6) is -0.0383. The van der Waals surface area contributed by atoms with E-state index in [1.807, 2.05) is 49.4 Å². The van der Waals surface area contributed by atoms with Gasteiger partial charge in [0.2, 0.25) is 5.91 Å². The first-order valence-corrected chi connectivity index (χ1v) is 12.2. The number of hydrogen-bond donors (Lipinski definition) is 2. The van der Waals surface area contributed by atoms with Crippen LogP contribution < -0.4 is 10.6 Å². The number of amides is 3. The Morgan fingerprint density at radius 1 is 1.24 bits per heavy atom. The molecule has 174 valence electrons. The van der Waals surface area contributed by atoms with Crippen LogP contribution in [-0.2, 0) is 24.2 Å². The van der Waals surface area contributed by atoms with Gasteiger partial charge in [0.15, 0.2) is 0 Å². The fraction of sp³-hybridized carbons (Fsp3) is 0.308. The molecule has 34 heavy (non-hydrogen) atoms. The third-order valence-electron chi connectivity index (χ3n) is 5.98. The number of carbonyl (C=O) groups is 2. The van der Waals surface area contributed by atoms with Crippen molar-refractivity contribution in [1.29, 1.82) is 5.26 Å². The summed E-state index contributed by atoms with van der Waals surface area (Å²) in [5.41, 5.74) is 3.65. The Hall–Kier alpha value is -3.70. The van der Waals surface area contributed by atoms with Gasteiger partial charge in [0.1, 0.15) is 11.1 Å². The Kier molecular flexibility index (Phi) is 7.55. The van der Waals surface area contributed by atoms with Gasteiger partial charge in [-0.15, -0.1) is 11.3 Å². The van der Waals surface area contributed by atoms with Crippen LogP contribution in [0.5, 0.6) is 0 Å². The summed E-state index contributed by atoms with van der Waals surface area (Å²) in [7, 11) is 0. The van der Waals surface area contributed by atoms with E-state index in [0.717, 1.165) is 21.6 Å². The average molecular weight is 474 g/mol. The predicted octanol–water partition coefficient (Wildman–Crippen LogP) is 4.46. The number of pyridine rings is 1. The standard InChI is InChI=1S/C26H27N5O2S/c1-18(20-7-3-2-4-8-20)14-24(32)30-25-22(15-27)21-10-13-31(17-23(21)34-25)26(33)29-12-9-19-6-5-11-28-16-19/h2-8,11,16,18H,9-10,12-14,17H2,1H3,(H,29,33)(H,30,32)/t18-/m0/s1. The Morgan fingerprint density at radius 3 is 2.79 bits per heavy atom. The zero-order chi connectivity index (χ0) is 23.9. The highest BCUT2D eigenvalue weighted by atomic mass is 32.1. The van der Waals surface area contributed by atoms with E-state index in [0.29, 0.717) is 49.5 Å². The number of thiophene rings is 1. The fourth-order valence-corrected chi connectivity index (χ4v) is 5.34. The molecule has 3 heterocycles. The second-order valence-corrected chi connectivity index (χ2v) is 9.50. The highest BCUT2D eigenvalue weighted by molar-refractivity contribution is 7.16. The SMILES string of the molecule is C[C@@H](CC(=O)Nc1sc2c(c1C#N)CCN(C(=O)NCCc1cccnc1)C2)c1ccccc1. The molecule has 7 nitrogen and oxygen atoms in total. The van der Waals surface area contributed by atoms with Crippen LogP contribution >= 0.6 is 11.3 Å². The molecule has 1 aromatic carbocycles. The number of fused-ring (bicyclic) bond motifs is 1. The van der Waals surface area contributed by atoms with Gasteiger partial charge in [0.25, 0.3) is 0 Å². The summed E-state index contributed by atoms with van der Waals surface area (Å²) in [4.78, 5) is 32.2. The highest BCUT2D eigenvalue weighted by Crippen LogP contribution is 2.37. The second kappa shape index (κ2) is 10.9. The number of rotatable bonds is 7. The zero-order valence-corrected chi connectivity index (χ0v) is 19.9. The molecule has 4 rings (SSSR count). The molecule has 3 amide bonds. The topological polar surface area (TPSA) is 98.1 Å². The number of carbonyl (C=O) groups excluding carboxylic acids is 2. The van der Waals surface area contributed by atoms with E-state index in [1.54, 1.807) is 17.3 Å². The number of nitrogens with one attached hydrogen (secondary N) is 2. The molecule has 8 heteroatoms. The lowest BCUT2D eigenvalue weighted by Crippen LogP contribution is -2.43. The smallest absolute Gasteiger partial charge is 0.317 e. The van der Waals surface area contributed by atoms with Gasteiger partial charge in [0, 0.05) is 36.8 Å². The molecule has 1 aliphatic rings. The van der Waals surface area contributed by atoms with Crippen LogP contribution in [0.1, 0.15) is 46.4 Å². The number of benzene rings is 1. The van der Waals surface area contributed by atoms with Crippen LogP contribution in [0.15, 0.2) is 54.9 Å². The molecule has 0 saturated carbocycles. The van der Waals surface area contributed by atoms with Crippen LogP contribution in [0.3, 0.4) is 0 Å². The molecule has 0 saturated heterocycles. The molecule has 0 radical (unpaired) electrons. The van der Waals surface area contributed by atoms with Gasteiger partial charge in [0.05, 0.1) is 12.1 Å². The van der Waals surface area contributed by atoms with Crippen LogP contribution in [0.4, 0.5) is 9.80 Å². The lowest BCUT2D eigenvalue weighted by molar-refractivity contribution is -0.116. The van der Waals surface area contributed by atoms with Crippen LogP contribution in [0, 0.1) is 11.3 Å². The van der Waals surface area contributed by atoms with Gasteiger partial charge in [-0.3, -0.25) is 9.78 Å². The van der Waals surface area contributed by atoms with Crippen molar-refractivity contribution >= 4 is 28.3 Å². The Balaban J connectivity index is 1.35. The molecule has 1 atom stereocenters.